The fourth-order valence-electron chi connectivity index (χ4n) is 2.26. The van der Waals surface area contributed by atoms with E-state index in [-0.39, 0.29) is 0 Å². The zero-order valence-electron chi connectivity index (χ0n) is 12.0. The van der Waals surface area contributed by atoms with E-state index >= 15 is 0 Å². The summed E-state index contributed by atoms with van der Waals surface area (Å²) in [5.74, 6) is 0.923. The number of aliphatic hydroxyl groups excluding tert-OH is 1. The van der Waals surface area contributed by atoms with E-state index in [9.17, 15) is 5.11 Å². The number of hydrogen-bond donors (Lipinski definition) is 1. The average molecular weight is 307 g/mol. The van der Waals surface area contributed by atoms with Crippen molar-refractivity contribution in [2.45, 2.75) is 37.5 Å². The van der Waals surface area contributed by atoms with Crippen molar-refractivity contribution in [2.24, 2.45) is 0 Å². The minimum atomic E-state index is -0.527. The summed E-state index contributed by atoms with van der Waals surface area (Å²) >= 11 is 7.94. The van der Waals surface area contributed by atoms with E-state index in [1.807, 2.05) is 18.2 Å². The molecule has 1 unspecified atom stereocenters. The van der Waals surface area contributed by atoms with Crippen LogP contribution >= 0.6 is 23.4 Å². The first-order valence-corrected chi connectivity index (χ1v) is 7.99. The molecule has 1 atom stereocenters. The molecule has 0 fully saturated rings. The molecule has 0 bridgehead atoms. The fourth-order valence-corrected chi connectivity index (χ4v) is 3.52. The number of aryl methyl sites for hydroxylation is 2. The molecule has 20 heavy (non-hydrogen) atoms. The smallest absolute Gasteiger partial charge is 0.0776 e. The van der Waals surface area contributed by atoms with Crippen molar-refractivity contribution in [3.63, 3.8) is 0 Å². The van der Waals surface area contributed by atoms with Gasteiger partial charge in [0.05, 0.1) is 6.10 Å². The van der Waals surface area contributed by atoms with Gasteiger partial charge in [-0.1, -0.05) is 47.0 Å². The number of benzene rings is 2. The first kappa shape index (κ1) is 15.4. The Morgan fingerprint density at radius 2 is 1.75 bits per heavy atom. The lowest BCUT2D eigenvalue weighted by molar-refractivity contribution is 0.199. The van der Waals surface area contributed by atoms with E-state index in [4.69, 9.17) is 11.6 Å². The van der Waals surface area contributed by atoms with Crippen LogP contribution in [0, 0.1) is 13.8 Å². The highest BCUT2D eigenvalue weighted by atomic mass is 35.5. The molecule has 2 aromatic carbocycles. The Labute approximate surface area is 130 Å². The van der Waals surface area contributed by atoms with Crippen LogP contribution in [0.3, 0.4) is 0 Å². The molecule has 0 radical (unpaired) electrons. The molecule has 0 saturated heterocycles. The van der Waals surface area contributed by atoms with Crippen molar-refractivity contribution in [1.29, 1.82) is 0 Å². The van der Waals surface area contributed by atoms with Crippen LogP contribution in [0.2, 0.25) is 5.02 Å². The van der Waals surface area contributed by atoms with Crippen LogP contribution in [-0.4, -0.2) is 5.11 Å². The third kappa shape index (κ3) is 4.02. The molecule has 0 spiro atoms. The Morgan fingerprint density at radius 3 is 2.30 bits per heavy atom. The lowest BCUT2D eigenvalue weighted by Crippen LogP contribution is -1.92. The van der Waals surface area contributed by atoms with Gasteiger partial charge in [-0.25, -0.2) is 0 Å². The normalized spacial score (nSPS) is 12.4. The maximum absolute atomic E-state index is 9.57. The van der Waals surface area contributed by atoms with Crippen LogP contribution in [0.5, 0.6) is 0 Å². The second-order valence-electron chi connectivity index (χ2n) is 5.14. The van der Waals surface area contributed by atoms with Crippen molar-refractivity contribution in [2.75, 3.05) is 0 Å². The lowest BCUT2D eigenvalue weighted by Gasteiger charge is -2.10. The Bertz CT molecular complexity index is 588. The zero-order valence-corrected chi connectivity index (χ0v) is 13.6. The molecular weight excluding hydrogens is 288 g/mol. The van der Waals surface area contributed by atoms with Gasteiger partial charge < -0.3 is 5.11 Å². The van der Waals surface area contributed by atoms with Gasteiger partial charge in [-0.05, 0) is 44.0 Å². The Kier molecular flexibility index (Phi) is 5.14. The van der Waals surface area contributed by atoms with Gasteiger partial charge in [0.15, 0.2) is 0 Å². The predicted molar refractivity (Wildman–Crippen MR) is 87.6 cm³/mol. The van der Waals surface area contributed by atoms with E-state index in [1.54, 1.807) is 18.7 Å². The highest BCUT2D eigenvalue weighted by molar-refractivity contribution is 7.98. The van der Waals surface area contributed by atoms with E-state index in [0.717, 1.165) is 16.2 Å². The van der Waals surface area contributed by atoms with Gasteiger partial charge in [-0.2, -0.15) is 0 Å². The van der Waals surface area contributed by atoms with E-state index in [2.05, 4.69) is 32.0 Å². The summed E-state index contributed by atoms with van der Waals surface area (Å²) in [5.41, 5.74) is 4.69. The largest absolute Gasteiger partial charge is 0.389 e. The van der Waals surface area contributed by atoms with Crippen LogP contribution in [0.1, 0.15) is 35.3 Å². The predicted octanol–water partition coefficient (Wildman–Crippen LogP) is 5.30. The maximum Gasteiger partial charge on any atom is 0.0776 e. The molecule has 0 aliphatic heterocycles. The molecule has 0 amide bonds. The minimum Gasteiger partial charge on any atom is -0.389 e. The van der Waals surface area contributed by atoms with Gasteiger partial charge in [0.2, 0.25) is 0 Å². The van der Waals surface area contributed by atoms with Crippen LogP contribution in [0.4, 0.5) is 0 Å². The SMILES string of the molecule is Cc1cc(C)cc(CSc2ccc(C(C)O)c(Cl)c2)c1. The first-order chi connectivity index (χ1) is 9.45. The summed E-state index contributed by atoms with van der Waals surface area (Å²) in [6.07, 6.45) is -0.527. The van der Waals surface area contributed by atoms with Crippen molar-refractivity contribution in [3.8, 4) is 0 Å². The molecule has 1 nitrogen and oxygen atoms in total. The van der Waals surface area contributed by atoms with Gasteiger partial charge in [-0.15, -0.1) is 11.8 Å². The molecule has 0 aliphatic carbocycles. The standard InChI is InChI=1S/C17H19ClOS/c1-11-6-12(2)8-14(7-11)10-20-15-4-5-16(13(3)19)17(18)9-15/h4-9,13,19H,10H2,1-3H3. The number of aliphatic hydroxyl groups is 1. The van der Waals surface area contributed by atoms with E-state index < -0.39 is 6.10 Å². The Hall–Kier alpha value is -0.960. The maximum atomic E-state index is 9.57. The van der Waals surface area contributed by atoms with Gasteiger partial charge >= 0.3 is 0 Å². The summed E-state index contributed by atoms with van der Waals surface area (Å²) in [7, 11) is 0. The molecule has 0 aromatic heterocycles. The molecule has 3 heteroatoms. The van der Waals surface area contributed by atoms with E-state index in [1.165, 1.54) is 16.7 Å². The number of halogens is 1. The van der Waals surface area contributed by atoms with Gasteiger partial charge in [0.25, 0.3) is 0 Å². The quantitative estimate of drug-likeness (QED) is 0.773. The molecule has 1 N–H and O–H groups in total. The number of rotatable bonds is 4. The lowest BCUT2D eigenvalue weighted by atomic mass is 10.1. The van der Waals surface area contributed by atoms with Gasteiger partial charge in [0, 0.05) is 15.7 Å². The number of hydrogen-bond acceptors (Lipinski definition) is 2. The molecule has 0 heterocycles. The van der Waals surface area contributed by atoms with Gasteiger partial charge in [0.1, 0.15) is 0 Å². The van der Waals surface area contributed by atoms with Crippen molar-refractivity contribution in [3.05, 3.63) is 63.7 Å². The van der Waals surface area contributed by atoms with E-state index in [0.29, 0.717) is 5.02 Å². The molecular formula is C17H19ClOS. The van der Waals surface area contributed by atoms with Crippen molar-refractivity contribution >= 4 is 23.4 Å². The summed E-state index contributed by atoms with van der Waals surface area (Å²) in [4.78, 5) is 1.12. The summed E-state index contributed by atoms with van der Waals surface area (Å²) < 4.78 is 0. The second-order valence-corrected chi connectivity index (χ2v) is 6.60. The molecule has 0 saturated carbocycles. The summed E-state index contributed by atoms with van der Waals surface area (Å²) in [5, 5.41) is 10.2. The third-order valence-corrected chi connectivity index (χ3v) is 4.50. The number of thioether (sulfide) groups is 1. The topological polar surface area (TPSA) is 20.2 Å². The average Bonchev–Trinajstić information content (AvgIpc) is 2.35. The monoisotopic (exact) mass is 306 g/mol. The minimum absolute atomic E-state index is 0.527. The summed E-state index contributed by atoms with van der Waals surface area (Å²) in [6.45, 7) is 5.97. The van der Waals surface area contributed by atoms with Crippen molar-refractivity contribution < 1.29 is 5.11 Å². The Morgan fingerprint density at radius 1 is 1.10 bits per heavy atom. The highest BCUT2D eigenvalue weighted by Gasteiger charge is 2.07. The molecule has 2 rings (SSSR count). The van der Waals surface area contributed by atoms with Crippen LogP contribution < -0.4 is 0 Å². The third-order valence-electron chi connectivity index (χ3n) is 3.11. The van der Waals surface area contributed by atoms with Crippen LogP contribution in [0.15, 0.2) is 41.3 Å². The second kappa shape index (κ2) is 6.66. The van der Waals surface area contributed by atoms with Crippen LogP contribution in [-0.2, 0) is 5.75 Å². The summed E-state index contributed by atoms with van der Waals surface area (Å²) in [6, 6.07) is 12.5. The molecule has 106 valence electrons. The highest BCUT2D eigenvalue weighted by Crippen LogP contribution is 2.30. The fraction of sp³-hybridized carbons (Fsp3) is 0.294. The van der Waals surface area contributed by atoms with Crippen LogP contribution in [0.25, 0.3) is 0 Å². The first-order valence-electron chi connectivity index (χ1n) is 6.63. The van der Waals surface area contributed by atoms with Crippen molar-refractivity contribution in [1.82, 2.24) is 0 Å². The van der Waals surface area contributed by atoms with Gasteiger partial charge in [-0.3, -0.25) is 0 Å². The zero-order chi connectivity index (χ0) is 14.7. The Balaban J connectivity index is 2.09. The molecule has 2 aromatic rings. The molecule has 0 aliphatic rings.